The monoisotopic (exact) mass is 346 g/mol. The summed E-state index contributed by atoms with van der Waals surface area (Å²) in [4.78, 5) is 0. The molecule has 106 valence electrons. The van der Waals surface area contributed by atoms with E-state index in [1.54, 1.807) is 0 Å². The van der Waals surface area contributed by atoms with Crippen molar-refractivity contribution in [3.05, 3.63) is 22.2 Å². The zero-order valence-corrected chi connectivity index (χ0v) is 13.8. The molecule has 0 heterocycles. The van der Waals surface area contributed by atoms with Crippen molar-refractivity contribution in [2.45, 2.75) is 38.5 Å². The zero-order valence-electron chi connectivity index (χ0n) is 11.4. The number of halogens is 2. The highest BCUT2D eigenvalue weighted by molar-refractivity contribution is 9.10. The summed E-state index contributed by atoms with van der Waals surface area (Å²) >= 11 is 10.1. The highest BCUT2D eigenvalue weighted by atomic mass is 79.9. The van der Waals surface area contributed by atoms with Gasteiger partial charge in [-0.2, -0.15) is 0 Å². The number of alkyl halides is 1. The number of ether oxygens (including phenoxy) is 2. The Kier molecular flexibility index (Phi) is 5.40. The Hall–Kier alpha value is -0.410. The minimum atomic E-state index is 0.0387. The molecule has 1 fully saturated rings. The zero-order chi connectivity index (χ0) is 13.8. The van der Waals surface area contributed by atoms with Gasteiger partial charge in [0.25, 0.3) is 0 Å². The summed E-state index contributed by atoms with van der Waals surface area (Å²) in [5.74, 6) is 2.36. The van der Waals surface area contributed by atoms with Gasteiger partial charge in [-0.15, -0.1) is 11.6 Å². The first kappa shape index (κ1) is 15.0. The maximum atomic E-state index is 6.52. The van der Waals surface area contributed by atoms with Crippen molar-refractivity contribution >= 4 is 27.5 Å². The van der Waals surface area contributed by atoms with Gasteiger partial charge in [0, 0.05) is 4.47 Å². The van der Waals surface area contributed by atoms with Crippen LogP contribution in [0.15, 0.2) is 16.6 Å². The van der Waals surface area contributed by atoms with Gasteiger partial charge in [-0.1, -0.05) is 28.8 Å². The summed E-state index contributed by atoms with van der Waals surface area (Å²) < 4.78 is 12.3. The number of hydrogen-bond donors (Lipinski definition) is 0. The third-order valence-corrected chi connectivity index (χ3v) is 4.34. The van der Waals surface area contributed by atoms with Crippen molar-refractivity contribution in [1.82, 2.24) is 0 Å². The van der Waals surface area contributed by atoms with Crippen LogP contribution < -0.4 is 9.47 Å². The predicted octanol–water partition coefficient (Wildman–Crippen LogP) is 5.33. The Morgan fingerprint density at radius 1 is 1.21 bits per heavy atom. The van der Waals surface area contributed by atoms with Gasteiger partial charge in [-0.3, -0.25) is 0 Å². The SMILES string of the molecule is CCOc1cc(Br)c(C(Cl)CC2CC2)cc1OCC. The summed E-state index contributed by atoms with van der Waals surface area (Å²) in [6, 6.07) is 3.98. The van der Waals surface area contributed by atoms with Gasteiger partial charge in [-0.05, 0) is 43.9 Å². The van der Waals surface area contributed by atoms with E-state index in [2.05, 4.69) is 15.9 Å². The minimum absolute atomic E-state index is 0.0387. The molecule has 0 aromatic heterocycles. The van der Waals surface area contributed by atoms with Crippen molar-refractivity contribution in [2.24, 2.45) is 5.92 Å². The molecule has 0 bridgehead atoms. The fourth-order valence-electron chi connectivity index (χ4n) is 2.10. The van der Waals surface area contributed by atoms with Crippen molar-refractivity contribution in [3.63, 3.8) is 0 Å². The van der Waals surface area contributed by atoms with E-state index in [4.69, 9.17) is 21.1 Å². The van der Waals surface area contributed by atoms with Crippen LogP contribution in [0.2, 0.25) is 0 Å². The van der Waals surface area contributed by atoms with Gasteiger partial charge >= 0.3 is 0 Å². The smallest absolute Gasteiger partial charge is 0.162 e. The van der Waals surface area contributed by atoms with Gasteiger partial charge in [0.05, 0.1) is 18.6 Å². The fraction of sp³-hybridized carbons (Fsp3) is 0.600. The summed E-state index contributed by atoms with van der Waals surface area (Å²) in [5, 5.41) is 0.0387. The van der Waals surface area contributed by atoms with Crippen LogP contribution in [-0.4, -0.2) is 13.2 Å². The standard InChI is InChI=1S/C15H20BrClO2/c1-3-18-14-8-11(13(17)7-10-5-6-10)12(16)9-15(14)19-4-2/h8-10,13H,3-7H2,1-2H3. The summed E-state index contributed by atoms with van der Waals surface area (Å²) in [5.41, 5.74) is 1.10. The molecule has 1 saturated carbocycles. The summed E-state index contributed by atoms with van der Waals surface area (Å²) in [7, 11) is 0. The number of rotatable bonds is 7. The Morgan fingerprint density at radius 2 is 1.79 bits per heavy atom. The van der Waals surface area contributed by atoms with Crippen LogP contribution in [0.25, 0.3) is 0 Å². The van der Waals surface area contributed by atoms with Crippen LogP contribution >= 0.6 is 27.5 Å². The van der Waals surface area contributed by atoms with Crippen molar-refractivity contribution in [1.29, 1.82) is 0 Å². The van der Waals surface area contributed by atoms with Crippen LogP contribution in [0.1, 0.15) is 44.1 Å². The largest absolute Gasteiger partial charge is 0.490 e. The molecule has 19 heavy (non-hydrogen) atoms. The first-order chi connectivity index (χ1) is 9.15. The van der Waals surface area contributed by atoms with Crippen LogP contribution in [-0.2, 0) is 0 Å². The Morgan fingerprint density at radius 3 is 2.32 bits per heavy atom. The first-order valence-electron chi connectivity index (χ1n) is 6.88. The summed E-state index contributed by atoms with van der Waals surface area (Å²) in [6.07, 6.45) is 3.67. The lowest BCUT2D eigenvalue weighted by atomic mass is 10.1. The lowest BCUT2D eigenvalue weighted by Gasteiger charge is -2.17. The summed E-state index contributed by atoms with van der Waals surface area (Å²) in [6.45, 7) is 5.18. The molecule has 4 heteroatoms. The van der Waals surface area contributed by atoms with E-state index < -0.39 is 0 Å². The molecule has 2 nitrogen and oxygen atoms in total. The second-order valence-corrected chi connectivity index (χ2v) is 6.21. The topological polar surface area (TPSA) is 18.5 Å². The highest BCUT2D eigenvalue weighted by Gasteiger charge is 2.27. The average molecular weight is 348 g/mol. The quantitative estimate of drug-likeness (QED) is 0.621. The van der Waals surface area contributed by atoms with E-state index in [0.29, 0.717) is 13.2 Å². The molecule has 0 amide bonds. The van der Waals surface area contributed by atoms with Crippen LogP contribution in [0.5, 0.6) is 11.5 Å². The lowest BCUT2D eigenvalue weighted by molar-refractivity contribution is 0.287. The lowest BCUT2D eigenvalue weighted by Crippen LogP contribution is -2.01. The molecule has 0 spiro atoms. The molecule has 0 aliphatic heterocycles. The third kappa shape index (κ3) is 4.03. The molecule has 0 N–H and O–H groups in total. The molecular formula is C15H20BrClO2. The van der Waals surface area contributed by atoms with E-state index in [1.165, 1.54) is 12.8 Å². The molecule has 2 rings (SSSR count). The van der Waals surface area contributed by atoms with Crippen molar-refractivity contribution in [2.75, 3.05) is 13.2 Å². The molecule has 1 aromatic carbocycles. The van der Waals surface area contributed by atoms with Crippen LogP contribution in [0.4, 0.5) is 0 Å². The number of benzene rings is 1. The number of hydrogen-bond acceptors (Lipinski definition) is 2. The Labute approximate surface area is 128 Å². The molecule has 0 radical (unpaired) electrons. The van der Waals surface area contributed by atoms with E-state index in [1.807, 2.05) is 26.0 Å². The van der Waals surface area contributed by atoms with Gasteiger partial charge < -0.3 is 9.47 Å². The normalized spacial score (nSPS) is 16.2. The molecule has 1 aliphatic carbocycles. The molecule has 1 aliphatic rings. The van der Waals surface area contributed by atoms with Gasteiger partial charge in [0.2, 0.25) is 0 Å². The predicted molar refractivity (Wildman–Crippen MR) is 82.4 cm³/mol. The van der Waals surface area contributed by atoms with E-state index in [0.717, 1.165) is 33.9 Å². The Balaban J connectivity index is 2.23. The molecule has 1 aromatic rings. The van der Waals surface area contributed by atoms with Gasteiger partial charge in [0.1, 0.15) is 0 Å². The average Bonchev–Trinajstić information content (AvgIpc) is 3.16. The third-order valence-electron chi connectivity index (χ3n) is 3.24. The van der Waals surface area contributed by atoms with Crippen molar-refractivity contribution < 1.29 is 9.47 Å². The van der Waals surface area contributed by atoms with E-state index in [-0.39, 0.29) is 5.38 Å². The first-order valence-corrected chi connectivity index (χ1v) is 8.11. The highest BCUT2D eigenvalue weighted by Crippen LogP contribution is 2.44. The minimum Gasteiger partial charge on any atom is -0.490 e. The van der Waals surface area contributed by atoms with E-state index in [9.17, 15) is 0 Å². The van der Waals surface area contributed by atoms with Crippen molar-refractivity contribution in [3.8, 4) is 11.5 Å². The Bertz CT molecular complexity index is 432. The second kappa shape index (κ2) is 6.85. The van der Waals surface area contributed by atoms with Gasteiger partial charge in [0.15, 0.2) is 11.5 Å². The van der Waals surface area contributed by atoms with Gasteiger partial charge in [-0.25, -0.2) is 0 Å². The molecular weight excluding hydrogens is 328 g/mol. The van der Waals surface area contributed by atoms with Crippen LogP contribution in [0, 0.1) is 5.92 Å². The molecule has 0 saturated heterocycles. The maximum absolute atomic E-state index is 6.52. The van der Waals surface area contributed by atoms with Crippen LogP contribution in [0.3, 0.4) is 0 Å². The van der Waals surface area contributed by atoms with E-state index >= 15 is 0 Å². The maximum Gasteiger partial charge on any atom is 0.162 e. The second-order valence-electron chi connectivity index (χ2n) is 4.83. The molecule has 1 unspecified atom stereocenters. The molecule has 1 atom stereocenters. The fourth-order valence-corrected chi connectivity index (χ4v) is 3.26.